The van der Waals surface area contributed by atoms with Gasteiger partial charge >= 0.3 is 0 Å². The van der Waals surface area contributed by atoms with Crippen LogP contribution in [0.2, 0.25) is 0 Å². The maximum Gasteiger partial charge on any atom is 0.157 e. The standard InChI is InChI=1S/C16H20N2O2/c1-2-7-18-12-15(11-17-18)19-8-5-13-3-4-16-14(10-13)6-9-20-16/h3-4,10-12H,2,5-9H2,1H3. The molecule has 0 atom stereocenters. The summed E-state index contributed by atoms with van der Waals surface area (Å²) in [6.45, 7) is 4.57. The van der Waals surface area contributed by atoms with Gasteiger partial charge in [-0.3, -0.25) is 4.68 Å². The molecule has 1 aromatic carbocycles. The molecule has 0 radical (unpaired) electrons. The summed E-state index contributed by atoms with van der Waals surface area (Å²) < 4.78 is 13.2. The van der Waals surface area contributed by atoms with Gasteiger partial charge in [0.2, 0.25) is 0 Å². The SMILES string of the molecule is CCCn1cc(OCCc2ccc3c(c2)CCO3)cn1. The van der Waals surface area contributed by atoms with Crippen molar-refractivity contribution >= 4 is 0 Å². The van der Waals surface area contributed by atoms with Crippen molar-refractivity contribution in [1.29, 1.82) is 0 Å². The topological polar surface area (TPSA) is 36.3 Å². The molecular weight excluding hydrogens is 252 g/mol. The van der Waals surface area contributed by atoms with Crippen molar-refractivity contribution in [2.24, 2.45) is 0 Å². The van der Waals surface area contributed by atoms with Crippen LogP contribution in [0.4, 0.5) is 0 Å². The average molecular weight is 272 g/mol. The molecule has 0 bridgehead atoms. The third-order valence-corrected chi connectivity index (χ3v) is 3.48. The minimum atomic E-state index is 0.678. The third kappa shape index (κ3) is 2.95. The molecule has 0 aliphatic carbocycles. The Kier molecular flexibility index (Phi) is 3.90. The highest BCUT2D eigenvalue weighted by atomic mass is 16.5. The lowest BCUT2D eigenvalue weighted by Gasteiger charge is -2.05. The highest BCUT2D eigenvalue weighted by molar-refractivity contribution is 5.39. The highest BCUT2D eigenvalue weighted by Gasteiger charge is 2.11. The van der Waals surface area contributed by atoms with Crippen molar-refractivity contribution < 1.29 is 9.47 Å². The van der Waals surface area contributed by atoms with Crippen molar-refractivity contribution in [3.05, 3.63) is 41.7 Å². The van der Waals surface area contributed by atoms with E-state index in [2.05, 4.69) is 30.2 Å². The molecule has 0 saturated carbocycles. The summed E-state index contributed by atoms with van der Waals surface area (Å²) in [4.78, 5) is 0. The predicted octanol–water partition coefficient (Wildman–Crippen LogP) is 2.85. The van der Waals surface area contributed by atoms with Crippen LogP contribution in [0.25, 0.3) is 0 Å². The second-order valence-electron chi connectivity index (χ2n) is 5.08. The fourth-order valence-electron chi connectivity index (χ4n) is 2.45. The molecule has 0 N–H and O–H groups in total. The molecule has 1 aromatic heterocycles. The summed E-state index contributed by atoms with van der Waals surface area (Å²) in [5, 5.41) is 4.25. The van der Waals surface area contributed by atoms with Gasteiger partial charge in [-0.2, -0.15) is 5.10 Å². The number of rotatable bonds is 6. The van der Waals surface area contributed by atoms with Gasteiger partial charge in [0.05, 0.1) is 25.6 Å². The quantitative estimate of drug-likeness (QED) is 0.811. The van der Waals surface area contributed by atoms with Crippen molar-refractivity contribution in [3.8, 4) is 11.5 Å². The van der Waals surface area contributed by atoms with Gasteiger partial charge in [0, 0.05) is 19.4 Å². The van der Waals surface area contributed by atoms with Crippen LogP contribution in [0.3, 0.4) is 0 Å². The number of hydrogen-bond acceptors (Lipinski definition) is 3. The van der Waals surface area contributed by atoms with Gasteiger partial charge in [-0.05, 0) is 23.6 Å². The number of fused-ring (bicyclic) bond motifs is 1. The van der Waals surface area contributed by atoms with E-state index in [4.69, 9.17) is 9.47 Å². The van der Waals surface area contributed by atoms with E-state index in [1.54, 1.807) is 6.20 Å². The average Bonchev–Trinajstić information content (AvgIpc) is 3.08. The zero-order valence-corrected chi connectivity index (χ0v) is 11.8. The fraction of sp³-hybridized carbons (Fsp3) is 0.438. The first-order valence-electron chi connectivity index (χ1n) is 7.25. The lowest BCUT2D eigenvalue weighted by atomic mass is 10.1. The fourth-order valence-corrected chi connectivity index (χ4v) is 2.45. The zero-order valence-electron chi connectivity index (χ0n) is 11.8. The van der Waals surface area contributed by atoms with Crippen LogP contribution in [0, 0.1) is 0 Å². The van der Waals surface area contributed by atoms with Crippen LogP contribution in [-0.2, 0) is 19.4 Å². The van der Waals surface area contributed by atoms with Gasteiger partial charge in [-0.15, -0.1) is 0 Å². The summed E-state index contributed by atoms with van der Waals surface area (Å²) in [5.41, 5.74) is 2.62. The Balaban J connectivity index is 1.51. The van der Waals surface area contributed by atoms with Crippen LogP contribution < -0.4 is 9.47 Å². The van der Waals surface area contributed by atoms with E-state index in [9.17, 15) is 0 Å². The maximum atomic E-state index is 5.74. The zero-order chi connectivity index (χ0) is 13.8. The molecule has 0 saturated heterocycles. The normalized spacial score (nSPS) is 13.1. The third-order valence-electron chi connectivity index (χ3n) is 3.48. The first kappa shape index (κ1) is 13.0. The molecule has 20 heavy (non-hydrogen) atoms. The van der Waals surface area contributed by atoms with Crippen molar-refractivity contribution in [2.45, 2.75) is 32.7 Å². The molecule has 2 aromatic rings. The number of benzene rings is 1. The van der Waals surface area contributed by atoms with E-state index in [1.165, 1.54) is 11.1 Å². The largest absolute Gasteiger partial charge is 0.493 e. The highest BCUT2D eigenvalue weighted by Crippen LogP contribution is 2.26. The van der Waals surface area contributed by atoms with Crippen molar-refractivity contribution in [1.82, 2.24) is 9.78 Å². The predicted molar refractivity (Wildman–Crippen MR) is 77.4 cm³/mol. The van der Waals surface area contributed by atoms with Gasteiger partial charge in [-0.25, -0.2) is 0 Å². The smallest absolute Gasteiger partial charge is 0.157 e. The van der Waals surface area contributed by atoms with Gasteiger partial charge in [-0.1, -0.05) is 19.1 Å². The van der Waals surface area contributed by atoms with E-state index < -0.39 is 0 Å². The molecule has 4 nitrogen and oxygen atoms in total. The van der Waals surface area contributed by atoms with E-state index in [1.807, 2.05) is 10.9 Å². The molecule has 0 spiro atoms. The molecule has 2 heterocycles. The van der Waals surface area contributed by atoms with Gasteiger partial charge in [0.1, 0.15) is 5.75 Å². The summed E-state index contributed by atoms with van der Waals surface area (Å²) in [7, 11) is 0. The van der Waals surface area contributed by atoms with E-state index in [0.29, 0.717) is 6.61 Å². The molecule has 0 amide bonds. The molecule has 3 rings (SSSR count). The molecule has 0 unspecified atom stereocenters. The summed E-state index contributed by atoms with van der Waals surface area (Å²) in [6, 6.07) is 6.41. The Morgan fingerprint density at radius 1 is 1.40 bits per heavy atom. The van der Waals surface area contributed by atoms with Crippen LogP contribution in [-0.4, -0.2) is 23.0 Å². The molecule has 0 fully saturated rings. The Hall–Kier alpha value is -1.97. The first-order chi connectivity index (χ1) is 9.85. The Morgan fingerprint density at radius 3 is 3.25 bits per heavy atom. The summed E-state index contributed by atoms with van der Waals surface area (Å²) in [6.07, 6.45) is 6.75. The molecule has 1 aliphatic heterocycles. The van der Waals surface area contributed by atoms with Crippen LogP contribution in [0.15, 0.2) is 30.6 Å². The summed E-state index contributed by atoms with van der Waals surface area (Å²) in [5.74, 6) is 1.89. The van der Waals surface area contributed by atoms with E-state index in [-0.39, 0.29) is 0 Å². The maximum absolute atomic E-state index is 5.74. The van der Waals surface area contributed by atoms with Crippen LogP contribution >= 0.6 is 0 Å². The minimum absolute atomic E-state index is 0.678. The number of aryl methyl sites for hydroxylation is 1. The van der Waals surface area contributed by atoms with Crippen LogP contribution in [0.5, 0.6) is 11.5 Å². The Labute approximate surface area is 119 Å². The first-order valence-corrected chi connectivity index (χ1v) is 7.25. The lowest BCUT2D eigenvalue weighted by Crippen LogP contribution is -2.01. The number of aromatic nitrogens is 2. The monoisotopic (exact) mass is 272 g/mol. The number of hydrogen-bond donors (Lipinski definition) is 0. The van der Waals surface area contributed by atoms with E-state index in [0.717, 1.165) is 43.9 Å². The second kappa shape index (κ2) is 5.99. The number of nitrogens with zero attached hydrogens (tertiary/aromatic N) is 2. The van der Waals surface area contributed by atoms with E-state index >= 15 is 0 Å². The molecule has 4 heteroatoms. The molecule has 106 valence electrons. The lowest BCUT2D eigenvalue weighted by molar-refractivity contribution is 0.321. The second-order valence-corrected chi connectivity index (χ2v) is 5.08. The number of ether oxygens (including phenoxy) is 2. The Bertz CT molecular complexity index is 578. The molecular formula is C16H20N2O2. The molecule has 1 aliphatic rings. The Morgan fingerprint density at radius 2 is 2.35 bits per heavy atom. The van der Waals surface area contributed by atoms with Crippen LogP contribution in [0.1, 0.15) is 24.5 Å². The minimum Gasteiger partial charge on any atom is -0.493 e. The van der Waals surface area contributed by atoms with Crippen molar-refractivity contribution in [3.63, 3.8) is 0 Å². The van der Waals surface area contributed by atoms with Gasteiger partial charge in [0.25, 0.3) is 0 Å². The van der Waals surface area contributed by atoms with Gasteiger partial charge < -0.3 is 9.47 Å². The van der Waals surface area contributed by atoms with Crippen molar-refractivity contribution in [2.75, 3.05) is 13.2 Å². The summed E-state index contributed by atoms with van der Waals surface area (Å²) >= 11 is 0. The van der Waals surface area contributed by atoms with Gasteiger partial charge in [0.15, 0.2) is 5.75 Å².